The van der Waals surface area contributed by atoms with Crippen LogP contribution in [0.4, 0.5) is 5.82 Å². The maximum absolute atomic E-state index is 8.71. The first-order valence-electron chi connectivity index (χ1n) is 4.46. The molecule has 2 N–H and O–H groups in total. The zero-order valence-electron chi connectivity index (χ0n) is 8.53. The Kier molecular flexibility index (Phi) is 3.64. The Morgan fingerprint density at radius 3 is 2.67 bits per heavy atom. The molecule has 0 spiro atoms. The van der Waals surface area contributed by atoms with E-state index >= 15 is 0 Å². The molecular formula is C10H11ClN4. The first kappa shape index (κ1) is 11.5. The Morgan fingerprint density at radius 1 is 1.47 bits per heavy atom. The Morgan fingerprint density at radius 2 is 2.13 bits per heavy atom. The summed E-state index contributed by atoms with van der Waals surface area (Å²) >= 11 is 5.83. The maximum Gasteiger partial charge on any atom is 0.183 e. The SMILES string of the molecule is CC(C)/C=C/c1nc(C#N)c(N)nc1Cl. The first-order chi connectivity index (χ1) is 7.04. The van der Waals surface area contributed by atoms with E-state index in [4.69, 9.17) is 22.6 Å². The fourth-order valence-corrected chi connectivity index (χ4v) is 1.11. The third-order valence-corrected chi connectivity index (χ3v) is 1.93. The minimum absolute atomic E-state index is 0.0594. The molecule has 0 aromatic carbocycles. The van der Waals surface area contributed by atoms with Gasteiger partial charge < -0.3 is 5.73 Å². The molecule has 1 aromatic heterocycles. The highest BCUT2D eigenvalue weighted by molar-refractivity contribution is 6.30. The second-order valence-corrected chi connectivity index (χ2v) is 3.71. The molecule has 0 amide bonds. The van der Waals surface area contributed by atoms with Crippen molar-refractivity contribution in [2.45, 2.75) is 13.8 Å². The summed E-state index contributed by atoms with van der Waals surface area (Å²) in [5, 5.41) is 8.92. The highest BCUT2D eigenvalue weighted by atomic mass is 35.5. The number of nitriles is 1. The lowest BCUT2D eigenvalue weighted by Gasteiger charge is -2.01. The zero-order valence-corrected chi connectivity index (χ0v) is 9.28. The molecule has 0 radical (unpaired) electrons. The predicted molar refractivity (Wildman–Crippen MR) is 60.0 cm³/mol. The predicted octanol–water partition coefficient (Wildman–Crippen LogP) is 2.25. The van der Waals surface area contributed by atoms with Gasteiger partial charge in [0.2, 0.25) is 0 Å². The van der Waals surface area contributed by atoms with Crippen molar-refractivity contribution in [1.82, 2.24) is 9.97 Å². The van der Waals surface area contributed by atoms with Gasteiger partial charge in [-0.05, 0) is 12.0 Å². The van der Waals surface area contributed by atoms with Crippen LogP contribution in [0.25, 0.3) is 6.08 Å². The van der Waals surface area contributed by atoms with Crippen LogP contribution in [0.15, 0.2) is 6.08 Å². The number of nitrogens with two attached hydrogens (primary N) is 1. The van der Waals surface area contributed by atoms with Crippen molar-refractivity contribution in [2.24, 2.45) is 5.92 Å². The molecule has 15 heavy (non-hydrogen) atoms. The van der Waals surface area contributed by atoms with Crippen LogP contribution in [0.5, 0.6) is 0 Å². The summed E-state index contributed by atoms with van der Waals surface area (Å²) in [4.78, 5) is 7.82. The summed E-state index contributed by atoms with van der Waals surface area (Å²) in [6.45, 7) is 4.06. The molecule has 0 unspecified atom stereocenters. The van der Waals surface area contributed by atoms with Crippen molar-refractivity contribution in [3.63, 3.8) is 0 Å². The van der Waals surface area contributed by atoms with Crippen LogP contribution in [0, 0.1) is 17.2 Å². The fourth-order valence-electron chi connectivity index (χ4n) is 0.912. The molecule has 0 saturated heterocycles. The molecule has 1 aromatic rings. The van der Waals surface area contributed by atoms with Gasteiger partial charge in [0.15, 0.2) is 16.7 Å². The van der Waals surface area contributed by atoms with Gasteiger partial charge in [-0.2, -0.15) is 5.26 Å². The van der Waals surface area contributed by atoms with Gasteiger partial charge in [-0.1, -0.05) is 31.5 Å². The Labute approximate surface area is 93.4 Å². The molecule has 78 valence electrons. The summed E-state index contributed by atoms with van der Waals surface area (Å²) in [6.07, 6.45) is 3.66. The van der Waals surface area contributed by atoms with Crippen molar-refractivity contribution in [1.29, 1.82) is 5.26 Å². The van der Waals surface area contributed by atoms with Crippen LogP contribution in [-0.4, -0.2) is 9.97 Å². The van der Waals surface area contributed by atoms with E-state index in [1.165, 1.54) is 0 Å². The Hall–Kier alpha value is -1.60. The molecule has 5 heteroatoms. The molecule has 0 saturated carbocycles. The molecule has 1 heterocycles. The average Bonchev–Trinajstić information content (AvgIpc) is 2.16. The average molecular weight is 223 g/mol. The van der Waals surface area contributed by atoms with E-state index in [0.29, 0.717) is 11.6 Å². The lowest BCUT2D eigenvalue weighted by molar-refractivity contribution is 0.836. The van der Waals surface area contributed by atoms with E-state index in [1.54, 1.807) is 6.08 Å². The second-order valence-electron chi connectivity index (χ2n) is 3.35. The van der Waals surface area contributed by atoms with Gasteiger partial charge >= 0.3 is 0 Å². The molecule has 0 aliphatic rings. The normalized spacial score (nSPS) is 10.9. The van der Waals surface area contributed by atoms with Gasteiger partial charge in [0.25, 0.3) is 0 Å². The van der Waals surface area contributed by atoms with Crippen LogP contribution >= 0.6 is 11.6 Å². The molecule has 1 rings (SSSR count). The van der Waals surface area contributed by atoms with Crippen molar-refractivity contribution in [3.8, 4) is 6.07 Å². The molecule has 0 aliphatic heterocycles. The van der Waals surface area contributed by atoms with Gasteiger partial charge in [-0.15, -0.1) is 0 Å². The lowest BCUT2D eigenvalue weighted by Crippen LogP contribution is -2.00. The second kappa shape index (κ2) is 4.76. The van der Waals surface area contributed by atoms with Crippen LogP contribution in [-0.2, 0) is 0 Å². The number of anilines is 1. The van der Waals surface area contributed by atoms with Crippen molar-refractivity contribution < 1.29 is 0 Å². The van der Waals surface area contributed by atoms with Crippen LogP contribution in [0.3, 0.4) is 0 Å². The molecule has 0 aliphatic carbocycles. The monoisotopic (exact) mass is 222 g/mol. The standard InChI is InChI=1S/C10H11ClN4/c1-6(2)3-4-7-9(11)15-10(13)8(5-12)14-7/h3-4,6H,1-2H3,(H2,13,15)/b4-3+. The first-order valence-corrected chi connectivity index (χ1v) is 4.83. The summed E-state index contributed by atoms with van der Waals surface area (Å²) in [7, 11) is 0. The number of nitrogen functional groups attached to an aromatic ring is 1. The lowest BCUT2D eigenvalue weighted by atomic mass is 10.2. The number of rotatable bonds is 2. The third kappa shape index (κ3) is 2.93. The molecule has 0 fully saturated rings. The number of nitrogens with zero attached hydrogens (tertiary/aromatic N) is 3. The largest absolute Gasteiger partial charge is 0.381 e. The van der Waals surface area contributed by atoms with E-state index in [0.717, 1.165) is 0 Å². The number of aromatic nitrogens is 2. The Balaban J connectivity index is 3.15. The molecular weight excluding hydrogens is 212 g/mol. The van der Waals surface area contributed by atoms with E-state index in [-0.39, 0.29) is 16.7 Å². The highest BCUT2D eigenvalue weighted by Crippen LogP contribution is 2.17. The van der Waals surface area contributed by atoms with Crippen molar-refractivity contribution in [3.05, 3.63) is 22.6 Å². The smallest absolute Gasteiger partial charge is 0.183 e. The van der Waals surface area contributed by atoms with E-state index in [9.17, 15) is 0 Å². The minimum Gasteiger partial charge on any atom is -0.381 e. The molecule has 0 atom stereocenters. The van der Waals surface area contributed by atoms with Crippen molar-refractivity contribution >= 4 is 23.5 Å². The van der Waals surface area contributed by atoms with Gasteiger partial charge in [-0.3, -0.25) is 0 Å². The number of hydrogen-bond donors (Lipinski definition) is 1. The zero-order chi connectivity index (χ0) is 11.4. The van der Waals surface area contributed by atoms with E-state index in [2.05, 4.69) is 9.97 Å². The number of hydrogen-bond acceptors (Lipinski definition) is 4. The number of allylic oxidation sites excluding steroid dienone is 1. The number of halogens is 1. The van der Waals surface area contributed by atoms with Crippen molar-refractivity contribution in [2.75, 3.05) is 5.73 Å². The van der Waals surface area contributed by atoms with Gasteiger partial charge in [-0.25, -0.2) is 9.97 Å². The van der Waals surface area contributed by atoms with Crippen LogP contribution in [0.1, 0.15) is 25.2 Å². The summed E-state index contributed by atoms with van der Waals surface area (Å²) in [6, 6.07) is 1.86. The molecule has 4 nitrogen and oxygen atoms in total. The van der Waals surface area contributed by atoms with Gasteiger partial charge in [0.05, 0.1) is 0 Å². The quantitative estimate of drug-likeness (QED) is 0.833. The third-order valence-electron chi connectivity index (χ3n) is 1.65. The minimum atomic E-state index is 0.0594. The van der Waals surface area contributed by atoms with Gasteiger partial charge in [0, 0.05) is 0 Å². The van der Waals surface area contributed by atoms with Gasteiger partial charge in [0.1, 0.15) is 11.8 Å². The van der Waals surface area contributed by atoms with Crippen LogP contribution in [0.2, 0.25) is 5.15 Å². The van der Waals surface area contributed by atoms with Crippen LogP contribution < -0.4 is 5.73 Å². The highest BCUT2D eigenvalue weighted by Gasteiger charge is 2.07. The summed E-state index contributed by atoms with van der Waals surface area (Å²) in [5.41, 5.74) is 6.02. The summed E-state index contributed by atoms with van der Waals surface area (Å²) in [5.74, 6) is 0.440. The molecule has 0 bridgehead atoms. The topological polar surface area (TPSA) is 75.6 Å². The fraction of sp³-hybridized carbons (Fsp3) is 0.300. The maximum atomic E-state index is 8.71. The van der Waals surface area contributed by atoms with E-state index < -0.39 is 0 Å². The van der Waals surface area contributed by atoms with E-state index in [1.807, 2.05) is 26.0 Å². The Bertz CT molecular complexity index is 432. The summed E-state index contributed by atoms with van der Waals surface area (Å²) < 4.78 is 0.